The minimum absolute atomic E-state index is 0.152. The number of hydrogen-bond donors (Lipinski definition) is 2. The van der Waals surface area contributed by atoms with E-state index in [1.54, 1.807) is 18.2 Å². The van der Waals surface area contributed by atoms with Gasteiger partial charge >= 0.3 is 0 Å². The number of rotatable bonds is 5. The highest BCUT2D eigenvalue weighted by Gasteiger charge is 2.16. The maximum Gasteiger partial charge on any atom is 0.250 e. The summed E-state index contributed by atoms with van der Waals surface area (Å²) in [6, 6.07) is 6.59. The average Bonchev–Trinajstić information content (AvgIpc) is 2.95. The predicted octanol–water partition coefficient (Wildman–Crippen LogP) is 2.43. The number of nitrogens with one attached hydrogen (secondary N) is 1. The summed E-state index contributed by atoms with van der Waals surface area (Å²) < 4.78 is 27.2. The van der Waals surface area contributed by atoms with Gasteiger partial charge in [-0.2, -0.15) is 0 Å². The minimum atomic E-state index is -3.52. The van der Waals surface area contributed by atoms with Crippen molar-refractivity contribution in [1.82, 2.24) is 4.72 Å². The van der Waals surface area contributed by atoms with E-state index in [0.29, 0.717) is 9.21 Å². The van der Waals surface area contributed by atoms with E-state index in [1.807, 2.05) is 0 Å². The standard InChI is InChI=1S/C10H10ClNO3S3/c11-9-3-1-7(16-9)5-12-18(14,15)10-4-2-8(6-13)17-10/h1-4,12-13H,5-6H2. The van der Waals surface area contributed by atoms with Gasteiger partial charge in [0.15, 0.2) is 0 Å². The van der Waals surface area contributed by atoms with E-state index in [2.05, 4.69) is 4.72 Å². The first-order valence-electron chi connectivity index (χ1n) is 4.95. The number of halogens is 1. The molecule has 2 aromatic rings. The number of hydrogen-bond acceptors (Lipinski definition) is 5. The van der Waals surface area contributed by atoms with Crippen LogP contribution in [0.3, 0.4) is 0 Å². The lowest BCUT2D eigenvalue weighted by Gasteiger charge is -2.02. The van der Waals surface area contributed by atoms with Crippen molar-refractivity contribution in [3.63, 3.8) is 0 Å². The van der Waals surface area contributed by atoms with Crippen molar-refractivity contribution in [2.75, 3.05) is 0 Å². The van der Waals surface area contributed by atoms with Gasteiger partial charge in [-0.25, -0.2) is 13.1 Å². The van der Waals surface area contributed by atoms with Gasteiger partial charge in [0, 0.05) is 16.3 Å². The van der Waals surface area contributed by atoms with E-state index in [0.717, 1.165) is 16.2 Å². The van der Waals surface area contributed by atoms with Crippen LogP contribution in [-0.2, 0) is 23.2 Å². The van der Waals surface area contributed by atoms with E-state index in [-0.39, 0.29) is 17.4 Å². The molecule has 2 N–H and O–H groups in total. The van der Waals surface area contributed by atoms with Crippen molar-refractivity contribution in [1.29, 1.82) is 0 Å². The first kappa shape index (κ1) is 14.0. The van der Waals surface area contributed by atoms with Crippen LogP contribution in [0.2, 0.25) is 4.34 Å². The summed E-state index contributed by atoms with van der Waals surface area (Å²) in [5, 5.41) is 8.91. The molecule has 0 unspecified atom stereocenters. The van der Waals surface area contributed by atoms with Crippen LogP contribution in [0, 0.1) is 0 Å². The van der Waals surface area contributed by atoms with Gasteiger partial charge in [-0.1, -0.05) is 11.6 Å². The smallest absolute Gasteiger partial charge is 0.250 e. The topological polar surface area (TPSA) is 66.4 Å². The molecule has 0 aromatic carbocycles. The van der Waals surface area contributed by atoms with Crippen molar-refractivity contribution >= 4 is 44.3 Å². The molecule has 0 saturated carbocycles. The third-order valence-electron chi connectivity index (χ3n) is 2.12. The van der Waals surface area contributed by atoms with Crippen LogP contribution in [0.1, 0.15) is 9.75 Å². The fourth-order valence-corrected chi connectivity index (χ4v) is 4.66. The normalized spacial score (nSPS) is 11.9. The average molecular weight is 324 g/mol. The Balaban J connectivity index is 2.07. The zero-order valence-corrected chi connectivity index (χ0v) is 12.3. The second kappa shape index (κ2) is 5.68. The molecular weight excluding hydrogens is 314 g/mol. The zero-order chi connectivity index (χ0) is 13.2. The molecule has 0 atom stereocenters. The summed E-state index contributed by atoms with van der Waals surface area (Å²) in [7, 11) is -3.52. The molecule has 98 valence electrons. The van der Waals surface area contributed by atoms with Gasteiger partial charge in [0.05, 0.1) is 10.9 Å². The number of thiophene rings is 2. The van der Waals surface area contributed by atoms with Crippen LogP contribution in [0.15, 0.2) is 28.5 Å². The highest BCUT2D eigenvalue weighted by Crippen LogP contribution is 2.24. The van der Waals surface area contributed by atoms with Gasteiger partial charge in [-0.05, 0) is 24.3 Å². The molecule has 4 nitrogen and oxygen atoms in total. The van der Waals surface area contributed by atoms with E-state index < -0.39 is 10.0 Å². The van der Waals surface area contributed by atoms with Crippen LogP contribution in [-0.4, -0.2) is 13.5 Å². The molecule has 0 radical (unpaired) electrons. The van der Waals surface area contributed by atoms with E-state index >= 15 is 0 Å². The summed E-state index contributed by atoms with van der Waals surface area (Å²) in [5.41, 5.74) is 0. The summed E-state index contributed by atoms with van der Waals surface area (Å²) >= 11 is 8.16. The Labute approximate surface area is 118 Å². The molecule has 0 bridgehead atoms. The van der Waals surface area contributed by atoms with Gasteiger partial charge in [0.2, 0.25) is 10.0 Å². The van der Waals surface area contributed by atoms with Crippen LogP contribution in [0.4, 0.5) is 0 Å². The van der Waals surface area contributed by atoms with Crippen LogP contribution in [0.25, 0.3) is 0 Å². The fourth-order valence-electron chi connectivity index (χ4n) is 1.27. The third-order valence-corrected chi connectivity index (χ3v) is 6.32. The molecule has 2 rings (SSSR count). The van der Waals surface area contributed by atoms with Gasteiger partial charge < -0.3 is 5.11 Å². The Morgan fingerprint density at radius 2 is 1.89 bits per heavy atom. The molecular formula is C10H10ClNO3S3. The molecule has 0 aliphatic heterocycles. The SMILES string of the molecule is O=S(=O)(NCc1ccc(Cl)s1)c1ccc(CO)s1. The second-order valence-electron chi connectivity index (χ2n) is 3.41. The summed E-state index contributed by atoms with van der Waals surface area (Å²) in [6.07, 6.45) is 0. The van der Waals surface area contributed by atoms with Crippen LogP contribution >= 0.6 is 34.3 Å². The molecule has 0 amide bonds. The molecule has 0 aliphatic carbocycles. The highest BCUT2D eigenvalue weighted by molar-refractivity contribution is 7.91. The van der Waals surface area contributed by atoms with Crippen molar-refractivity contribution in [2.45, 2.75) is 17.4 Å². The van der Waals surface area contributed by atoms with Gasteiger partial charge in [0.1, 0.15) is 4.21 Å². The molecule has 0 saturated heterocycles. The number of aliphatic hydroxyl groups excluding tert-OH is 1. The lowest BCUT2D eigenvalue weighted by molar-refractivity contribution is 0.285. The van der Waals surface area contributed by atoms with E-state index in [1.165, 1.54) is 17.4 Å². The van der Waals surface area contributed by atoms with Gasteiger partial charge in [0.25, 0.3) is 0 Å². The highest BCUT2D eigenvalue weighted by atomic mass is 35.5. The zero-order valence-electron chi connectivity index (χ0n) is 9.09. The number of sulfonamides is 1. The van der Waals surface area contributed by atoms with Crippen molar-refractivity contribution in [2.24, 2.45) is 0 Å². The Morgan fingerprint density at radius 1 is 1.17 bits per heavy atom. The summed E-state index contributed by atoms with van der Waals surface area (Å²) in [4.78, 5) is 1.47. The second-order valence-corrected chi connectivity index (χ2v) is 8.37. The molecule has 2 aromatic heterocycles. The maximum atomic E-state index is 11.9. The molecule has 0 fully saturated rings. The Hall–Kier alpha value is -0.440. The summed E-state index contributed by atoms with van der Waals surface area (Å²) in [6.45, 7) is 0.0623. The lowest BCUT2D eigenvalue weighted by atomic mass is 10.5. The van der Waals surface area contributed by atoms with Gasteiger partial charge in [-0.3, -0.25) is 0 Å². The first-order valence-corrected chi connectivity index (χ1v) is 8.44. The molecule has 0 aliphatic rings. The third kappa shape index (κ3) is 3.31. The molecule has 0 spiro atoms. The largest absolute Gasteiger partial charge is 0.391 e. The predicted molar refractivity (Wildman–Crippen MR) is 73.6 cm³/mol. The van der Waals surface area contributed by atoms with Crippen molar-refractivity contribution in [3.8, 4) is 0 Å². The lowest BCUT2D eigenvalue weighted by Crippen LogP contribution is -2.21. The van der Waals surface area contributed by atoms with Crippen molar-refractivity contribution < 1.29 is 13.5 Å². The quantitative estimate of drug-likeness (QED) is 0.888. The Morgan fingerprint density at radius 3 is 2.44 bits per heavy atom. The van der Waals surface area contributed by atoms with Crippen molar-refractivity contribution in [3.05, 3.63) is 38.4 Å². The monoisotopic (exact) mass is 323 g/mol. The first-order chi connectivity index (χ1) is 8.51. The number of aliphatic hydroxyl groups is 1. The molecule has 18 heavy (non-hydrogen) atoms. The van der Waals surface area contributed by atoms with Gasteiger partial charge in [-0.15, -0.1) is 22.7 Å². The fraction of sp³-hybridized carbons (Fsp3) is 0.200. The Kier molecular flexibility index (Phi) is 4.41. The molecule has 2 heterocycles. The maximum absolute atomic E-state index is 11.9. The summed E-state index contributed by atoms with van der Waals surface area (Å²) in [5.74, 6) is 0. The van der Waals surface area contributed by atoms with E-state index in [9.17, 15) is 8.42 Å². The van der Waals surface area contributed by atoms with E-state index in [4.69, 9.17) is 16.7 Å². The van der Waals surface area contributed by atoms with Crippen LogP contribution in [0.5, 0.6) is 0 Å². The minimum Gasteiger partial charge on any atom is -0.391 e. The van der Waals surface area contributed by atoms with Crippen LogP contribution < -0.4 is 4.72 Å². The Bertz CT molecular complexity index is 632. The molecule has 8 heteroatoms.